The summed E-state index contributed by atoms with van der Waals surface area (Å²) in [5.74, 6) is 0.00581. The van der Waals surface area contributed by atoms with E-state index >= 15 is 0 Å². The highest BCUT2D eigenvalue weighted by atomic mass is 32.2. The second-order valence-electron chi connectivity index (χ2n) is 6.61. The van der Waals surface area contributed by atoms with Gasteiger partial charge in [-0.2, -0.15) is 8.78 Å². The van der Waals surface area contributed by atoms with E-state index in [0.717, 1.165) is 16.7 Å². The third-order valence-corrected chi connectivity index (χ3v) is 5.45. The molecule has 174 valence electrons. The average Bonchev–Trinajstić information content (AvgIpc) is 3.06. The molecule has 1 N–H and O–H groups in total. The first-order chi connectivity index (χ1) is 15.8. The molecule has 0 saturated carbocycles. The Bertz CT molecular complexity index is 1080. The fraction of sp³-hybridized carbons (Fsp3) is 0.227. The molecule has 33 heavy (non-hydrogen) atoms. The van der Waals surface area contributed by atoms with Crippen LogP contribution >= 0.6 is 11.8 Å². The molecule has 0 spiro atoms. The van der Waals surface area contributed by atoms with E-state index in [4.69, 9.17) is 9.47 Å². The van der Waals surface area contributed by atoms with Crippen LogP contribution in [0.5, 0.6) is 17.2 Å². The summed E-state index contributed by atoms with van der Waals surface area (Å²) in [5.41, 5.74) is 0.879. The Balaban J connectivity index is 1.58. The van der Waals surface area contributed by atoms with Crippen LogP contribution in [0.4, 0.5) is 13.6 Å². The molecule has 0 aromatic heterocycles. The largest absolute Gasteiger partial charge is 0.493 e. The number of carbonyl (C=O) groups is 3. The molecule has 0 bridgehead atoms. The predicted octanol–water partition coefficient (Wildman–Crippen LogP) is 3.77. The standard InChI is InChI=1S/C22H20F2N2O6S/c1-30-16-8-3-13(11-17(16)31-2)12-18-20(28)26(22(29)33-18)10-9-25-19(27)14-4-6-15(7-5-14)32-21(23)24/h3-8,11-12,21H,9-10H2,1-2H3,(H,25,27)/b18-12-. The molecule has 11 heteroatoms. The van der Waals surface area contributed by atoms with E-state index in [-0.39, 0.29) is 29.3 Å². The van der Waals surface area contributed by atoms with Gasteiger partial charge in [-0.15, -0.1) is 0 Å². The molecule has 0 unspecified atom stereocenters. The first-order valence-electron chi connectivity index (χ1n) is 9.63. The van der Waals surface area contributed by atoms with Crippen LogP contribution in [-0.2, 0) is 4.79 Å². The molecular weight excluding hydrogens is 458 g/mol. The van der Waals surface area contributed by atoms with Gasteiger partial charge in [-0.25, -0.2) is 0 Å². The van der Waals surface area contributed by atoms with Crippen molar-refractivity contribution in [2.45, 2.75) is 6.61 Å². The number of halogens is 2. The van der Waals surface area contributed by atoms with Crippen LogP contribution in [0.2, 0.25) is 0 Å². The van der Waals surface area contributed by atoms with Gasteiger partial charge in [0.2, 0.25) is 0 Å². The number of nitrogens with one attached hydrogen (secondary N) is 1. The quantitative estimate of drug-likeness (QED) is 0.549. The topological polar surface area (TPSA) is 94.2 Å². The molecule has 3 rings (SSSR count). The number of rotatable bonds is 9. The SMILES string of the molecule is COc1ccc(/C=C2\SC(=O)N(CCNC(=O)c3ccc(OC(F)F)cc3)C2=O)cc1OC. The molecule has 1 aliphatic rings. The monoisotopic (exact) mass is 478 g/mol. The number of methoxy groups -OCH3 is 2. The van der Waals surface area contributed by atoms with Crippen molar-refractivity contribution in [2.24, 2.45) is 0 Å². The van der Waals surface area contributed by atoms with Crippen LogP contribution in [0, 0.1) is 0 Å². The van der Waals surface area contributed by atoms with E-state index in [9.17, 15) is 23.2 Å². The Hall–Kier alpha value is -3.60. The van der Waals surface area contributed by atoms with Crippen LogP contribution in [0.15, 0.2) is 47.4 Å². The summed E-state index contributed by atoms with van der Waals surface area (Å²) < 4.78 is 39.0. The van der Waals surface area contributed by atoms with Crippen molar-refractivity contribution in [2.75, 3.05) is 27.3 Å². The van der Waals surface area contributed by atoms with Gasteiger partial charge in [-0.05, 0) is 59.8 Å². The zero-order valence-corrected chi connectivity index (χ0v) is 18.5. The lowest BCUT2D eigenvalue weighted by Gasteiger charge is -2.13. The van der Waals surface area contributed by atoms with Crippen molar-refractivity contribution in [3.8, 4) is 17.2 Å². The normalized spacial score (nSPS) is 14.7. The number of benzene rings is 2. The summed E-state index contributed by atoms with van der Waals surface area (Å²) in [4.78, 5) is 38.4. The smallest absolute Gasteiger partial charge is 0.387 e. The van der Waals surface area contributed by atoms with Gasteiger partial charge in [0, 0.05) is 18.7 Å². The van der Waals surface area contributed by atoms with Gasteiger partial charge in [0.1, 0.15) is 5.75 Å². The Labute approximate surface area is 192 Å². The number of ether oxygens (including phenoxy) is 3. The minimum atomic E-state index is -2.95. The number of nitrogens with zero attached hydrogens (tertiary/aromatic N) is 1. The number of carbonyl (C=O) groups excluding carboxylic acids is 3. The molecule has 1 fully saturated rings. The third kappa shape index (κ3) is 6.01. The van der Waals surface area contributed by atoms with E-state index in [1.54, 1.807) is 24.3 Å². The maximum absolute atomic E-state index is 12.6. The molecular formula is C22H20F2N2O6S. The summed E-state index contributed by atoms with van der Waals surface area (Å²) in [6.07, 6.45) is 1.58. The van der Waals surface area contributed by atoms with E-state index in [2.05, 4.69) is 10.1 Å². The van der Waals surface area contributed by atoms with Crippen molar-refractivity contribution >= 4 is 34.9 Å². The minimum absolute atomic E-state index is 0.0216. The molecule has 3 amide bonds. The second-order valence-corrected chi connectivity index (χ2v) is 7.60. The van der Waals surface area contributed by atoms with Crippen LogP contribution in [-0.4, -0.2) is 55.9 Å². The maximum atomic E-state index is 12.6. The van der Waals surface area contributed by atoms with Gasteiger partial charge in [-0.1, -0.05) is 6.07 Å². The highest BCUT2D eigenvalue weighted by molar-refractivity contribution is 8.18. The zero-order valence-electron chi connectivity index (χ0n) is 17.7. The predicted molar refractivity (Wildman–Crippen MR) is 118 cm³/mol. The van der Waals surface area contributed by atoms with Crippen molar-refractivity contribution in [3.05, 3.63) is 58.5 Å². The Morgan fingerprint density at radius 3 is 2.42 bits per heavy atom. The lowest BCUT2D eigenvalue weighted by atomic mass is 10.2. The van der Waals surface area contributed by atoms with Crippen LogP contribution < -0.4 is 19.5 Å². The number of imide groups is 1. The Morgan fingerprint density at radius 1 is 1.09 bits per heavy atom. The molecule has 1 heterocycles. The molecule has 0 atom stereocenters. The number of hydrogen-bond acceptors (Lipinski definition) is 7. The molecule has 2 aromatic rings. The van der Waals surface area contributed by atoms with Gasteiger partial charge >= 0.3 is 6.61 Å². The van der Waals surface area contributed by atoms with Gasteiger partial charge in [0.05, 0.1) is 19.1 Å². The van der Waals surface area contributed by atoms with Crippen molar-refractivity contribution in [1.82, 2.24) is 10.2 Å². The summed E-state index contributed by atoms with van der Waals surface area (Å²) in [6.45, 7) is -2.95. The fourth-order valence-electron chi connectivity index (χ4n) is 2.96. The first kappa shape index (κ1) is 24.1. The lowest BCUT2D eigenvalue weighted by Crippen LogP contribution is -2.37. The molecule has 1 aliphatic heterocycles. The van der Waals surface area contributed by atoms with Crippen LogP contribution in [0.1, 0.15) is 15.9 Å². The molecule has 0 radical (unpaired) electrons. The average molecular weight is 478 g/mol. The molecule has 0 aliphatic carbocycles. The van der Waals surface area contributed by atoms with E-state index in [0.29, 0.717) is 17.1 Å². The Morgan fingerprint density at radius 2 is 1.79 bits per heavy atom. The van der Waals surface area contributed by atoms with E-state index in [1.807, 2.05) is 0 Å². The van der Waals surface area contributed by atoms with Gasteiger partial charge in [-0.3, -0.25) is 19.3 Å². The number of amides is 3. The van der Waals surface area contributed by atoms with Crippen molar-refractivity contribution < 1.29 is 37.4 Å². The fourth-order valence-corrected chi connectivity index (χ4v) is 3.82. The summed E-state index contributed by atoms with van der Waals surface area (Å²) in [6, 6.07) is 10.3. The summed E-state index contributed by atoms with van der Waals surface area (Å²) in [5, 5.41) is 2.14. The zero-order chi connectivity index (χ0) is 24.0. The maximum Gasteiger partial charge on any atom is 0.387 e. The third-order valence-electron chi connectivity index (χ3n) is 4.54. The number of hydrogen-bond donors (Lipinski definition) is 1. The first-order valence-corrected chi connectivity index (χ1v) is 10.4. The number of thioether (sulfide) groups is 1. The minimum Gasteiger partial charge on any atom is -0.493 e. The highest BCUT2D eigenvalue weighted by Crippen LogP contribution is 2.34. The molecule has 1 saturated heterocycles. The van der Waals surface area contributed by atoms with Crippen molar-refractivity contribution in [3.63, 3.8) is 0 Å². The Kier molecular flexibility index (Phi) is 7.88. The lowest BCUT2D eigenvalue weighted by molar-refractivity contribution is -0.122. The van der Waals surface area contributed by atoms with Gasteiger partial charge < -0.3 is 19.5 Å². The molecule has 2 aromatic carbocycles. The van der Waals surface area contributed by atoms with Crippen LogP contribution in [0.25, 0.3) is 6.08 Å². The van der Waals surface area contributed by atoms with E-state index in [1.165, 1.54) is 38.5 Å². The van der Waals surface area contributed by atoms with Gasteiger partial charge in [0.15, 0.2) is 11.5 Å². The van der Waals surface area contributed by atoms with Crippen LogP contribution in [0.3, 0.4) is 0 Å². The number of alkyl halides is 2. The van der Waals surface area contributed by atoms with Crippen molar-refractivity contribution in [1.29, 1.82) is 0 Å². The summed E-state index contributed by atoms with van der Waals surface area (Å²) in [7, 11) is 3.01. The van der Waals surface area contributed by atoms with E-state index < -0.39 is 23.7 Å². The molecule has 8 nitrogen and oxygen atoms in total. The highest BCUT2D eigenvalue weighted by Gasteiger charge is 2.34. The summed E-state index contributed by atoms with van der Waals surface area (Å²) >= 11 is 0.800. The van der Waals surface area contributed by atoms with Gasteiger partial charge in [0.25, 0.3) is 17.1 Å². The second kappa shape index (κ2) is 10.8.